The maximum atomic E-state index is 12.9. The molecule has 5 rings (SSSR count). The molecule has 1 aromatic heterocycles. The first-order valence-electron chi connectivity index (χ1n) is 10.4. The molecule has 1 aromatic rings. The topological polar surface area (TPSA) is 106 Å². The summed E-state index contributed by atoms with van der Waals surface area (Å²) in [6, 6.07) is 1.80. The molecule has 1 aliphatic heterocycles. The second kappa shape index (κ2) is 5.64. The molecular weight excluding hydrogens is 376 g/mol. The lowest BCUT2D eigenvalue weighted by molar-refractivity contribution is -0.329. The van der Waals surface area contributed by atoms with E-state index in [1.165, 1.54) is 6.92 Å². The van der Waals surface area contributed by atoms with E-state index in [2.05, 4.69) is 0 Å². The Bertz CT molecular complexity index is 887. The number of carbonyl (C=O) groups excluding carboxylic acids is 2. The van der Waals surface area contributed by atoms with E-state index >= 15 is 0 Å². The van der Waals surface area contributed by atoms with Crippen LogP contribution in [0.25, 0.3) is 0 Å². The lowest BCUT2D eigenvalue weighted by Crippen LogP contribution is -2.79. The van der Waals surface area contributed by atoms with Crippen LogP contribution >= 0.6 is 0 Å². The van der Waals surface area contributed by atoms with E-state index in [-0.39, 0.29) is 17.8 Å². The molecule has 4 aliphatic rings. The van der Waals surface area contributed by atoms with Crippen molar-refractivity contribution in [3.63, 3.8) is 0 Å². The fraction of sp³-hybridized carbons (Fsp3) is 0.727. The van der Waals surface area contributed by atoms with Crippen LogP contribution in [0.5, 0.6) is 0 Å². The Morgan fingerprint density at radius 1 is 1.31 bits per heavy atom. The molecule has 29 heavy (non-hydrogen) atoms. The van der Waals surface area contributed by atoms with E-state index in [1.807, 2.05) is 20.8 Å². The van der Waals surface area contributed by atoms with Gasteiger partial charge in [-0.3, -0.25) is 9.59 Å². The van der Waals surface area contributed by atoms with Crippen LogP contribution in [-0.4, -0.2) is 46.1 Å². The average molecular weight is 404 g/mol. The Balaban J connectivity index is 1.74. The number of esters is 2. The van der Waals surface area contributed by atoms with Gasteiger partial charge in [-0.05, 0) is 30.2 Å². The van der Waals surface area contributed by atoms with Gasteiger partial charge in [-0.25, -0.2) is 0 Å². The van der Waals surface area contributed by atoms with E-state index in [9.17, 15) is 19.8 Å². The van der Waals surface area contributed by atoms with Crippen molar-refractivity contribution in [2.24, 2.45) is 22.7 Å². The van der Waals surface area contributed by atoms with Crippen molar-refractivity contribution in [2.45, 2.75) is 76.8 Å². The quantitative estimate of drug-likeness (QED) is 0.689. The third-order valence-electron chi connectivity index (χ3n) is 8.63. The summed E-state index contributed by atoms with van der Waals surface area (Å²) in [5, 5.41) is 23.7. The van der Waals surface area contributed by atoms with Crippen molar-refractivity contribution in [1.29, 1.82) is 0 Å². The van der Waals surface area contributed by atoms with Crippen LogP contribution in [0.2, 0.25) is 0 Å². The number of aliphatic hydroxyl groups is 2. The molecule has 1 saturated heterocycles. The van der Waals surface area contributed by atoms with Gasteiger partial charge in [0.05, 0.1) is 12.2 Å². The smallest absolute Gasteiger partial charge is 0.314 e. The van der Waals surface area contributed by atoms with Crippen molar-refractivity contribution in [2.75, 3.05) is 0 Å². The molecule has 2 saturated carbocycles. The highest BCUT2D eigenvalue weighted by molar-refractivity contribution is 5.82. The number of furan rings is 1. The number of aliphatic hydroxyl groups excluding tert-OH is 1. The standard InChI is InChI=1S/C22H28O7/c1-10(23)28-14-5-7-20(2,3)22(26)18(24)17-16-12(21(14,22)4)9-13-11(6-8-27-13)15(16)19(25)29-17/h6,8,12,14-18,24,26H,5,7,9H2,1-4H3/t12-,14+,15-,16-,17-,18+,21+,22+/m1/s1. The van der Waals surface area contributed by atoms with Crippen LogP contribution in [0.1, 0.15) is 57.8 Å². The van der Waals surface area contributed by atoms with Crippen LogP contribution in [0, 0.1) is 22.7 Å². The Hall–Kier alpha value is -1.86. The summed E-state index contributed by atoms with van der Waals surface area (Å²) in [7, 11) is 0. The second-order valence-electron chi connectivity index (χ2n) is 10.1. The minimum atomic E-state index is -1.61. The first-order valence-corrected chi connectivity index (χ1v) is 10.4. The molecule has 2 heterocycles. The van der Waals surface area contributed by atoms with E-state index in [0.717, 1.165) is 5.56 Å². The Morgan fingerprint density at radius 3 is 2.72 bits per heavy atom. The number of hydrogen-bond acceptors (Lipinski definition) is 7. The lowest BCUT2D eigenvalue weighted by Gasteiger charge is -2.68. The summed E-state index contributed by atoms with van der Waals surface area (Å²) in [5.41, 5.74) is -2.45. The Labute approximate surface area is 169 Å². The molecule has 158 valence electrons. The number of hydrogen-bond donors (Lipinski definition) is 2. The summed E-state index contributed by atoms with van der Waals surface area (Å²) < 4.78 is 17.1. The third-order valence-corrected chi connectivity index (χ3v) is 8.63. The molecule has 0 radical (unpaired) electrons. The van der Waals surface area contributed by atoms with Crippen LogP contribution in [-0.2, 0) is 25.5 Å². The van der Waals surface area contributed by atoms with Crippen molar-refractivity contribution in [1.82, 2.24) is 0 Å². The number of rotatable bonds is 1. The summed E-state index contributed by atoms with van der Waals surface area (Å²) >= 11 is 0. The van der Waals surface area contributed by atoms with Crippen LogP contribution in [0.3, 0.4) is 0 Å². The van der Waals surface area contributed by atoms with E-state index in [1.54, 1.807) is 12.3 Å². The maximum Gasteiger partial charge on any atom is 0.314 e. The summed E-state index contributed by atoms with van der Waals surface area (Å²) in [5.74, 6) is -1.19. The Morgan fingerprint density at radius 2 is 2.03 bits per heavy atom. The zero-order valence-corrected chi connectivity index (χ0v) is 17.2. The summed E-state index contributed by atoms with van der Waals surface area (Å²) in [6.45, 7) is 7.11. The summed E-state index contributed by atoms with van der Waals surface area (Å²) in [6.07, 6.45) is 0.570. The SMILES string of the molecule is CC(=O)O[C@H]1CCC(C)(C)[C@@]2(O)[C@@H](O)[C@@H]3OC(=O)[C@@H]4c5ccoc5C[C@H]([C@@H]34)[C@@]12C. The number of fused-ring (bicyclic) bond motifs is 4. The van der Waals surface area contributed by atoms with Crippen molar-refractivity contribution < 1.29 is 33.7 Å². The maximum absolute atomic E-state index is 12.9. The van der Waals surface area contributed by atoms with Crippen LogP contribution in [0.4, 0.5) is 0 Å². The molecule has 3 fully saturated rings. The first-order chi connectivity index (χ1) is 13.5. The Kier molecular flexibility index (Phi) is 3.72. The molecule has 3 aliphatic carbocycles. The lowest BCUT2D eigenvalue weighted by atomic mass is 9.39. The normalized spacial score (nSPS) is 46.9. The van der Waals surface area contributed by atoms with Gasteiger partial charge in [0.1, 0.15) is 29.7 Å². The van der Waals surface area contributed by atoms with Crippen LogP contribution < -0.4 is 0 Å². The molecule has 2 N–H and O–H groups in total. The fourth-order valence-corrected chi connectivity index (χ4v) is 7.26. The third kappa shape index (κ3) is 2.05. The molecule has 7 heteroatoms. The highest BCUT2D eigenvalue weighted by atomic mass is 16.6. The van der Waals surface area contributed by atoms with Gasteiger partial charge in [0, 0.05) is 30.2 Å². The molecule has 0 spiro atoms. The fourth-order valence-electron chi connectivity index (χ4n) is 7.26. The highest BCUT2D eigenvalue weighted by Crippen LogP contribution is 2.69. The molecule has 0 aromatic carbocycles. The summed E-state index contributed by atoms with van der Waals surface area (Å²) in [4.78, 5) is 24.8. The first kappa shape index (κ1) is 19.1. The minimum Gasteiger partial charge on any atom is -0.469 e. The van der Waals surface area contributed by atoms with Gasteiger partial charge in [0.15, 0.2) is 0 Å². The minimum absolute atomic E-state index is 0.250. The predicted octanol–water partition coefficient (Wildman–Crippen LogP) is 1.94. The highest BCUT2D eigenvalue weighted by Gasteiger charge is 2.78. The zero-order valence-electron chi connectivity index (χ0n) is 17.2. The van der Waals surface area contributed by atoms with Gasteiger partial charge in [-0.2, -0.15) is 0 Å². The largest absolute Gasteiger partial charge is 0.469 e. The number of carbonyl (C=O) groups is 2. The molecule has 8 atom stereocenters. The van der Waals surface area contributed by atoms with Gasteiger partial charge >= 0.3 is 11.9 Å². The van der Waals surface area contributed by atoms with E-state index in [0.29, 0.717) is 25.0 Å². The molecular formula is C22H28O7. The average Bonchev–Trinajstić information content (AvgIpc) is 3.24. The molecule has 7 nitrogen and oxygen atoms in total. The van der Waals surface area contributed by atoms with Gasteiger partial charge in [0.25, 0.3) is 0 Å². The van der Waals surface area contributed by atoms with Gasteiger partial charge in [-0.1, -0.05) is 20.8 Å². The van der Waals surface area contributed by atoms with Crippen molar-refractivity contribution in [3.05, 3.63) is 23.7 Å². The zero-order chi connectivity index (χ0) is 20.9. The monoisotopic (exact) mass is 404 g/mol. The predicted molar refractivity (Wildman–Crippen MR) is 99.6 cm³/mol. The van der Waals surface area contributed by atoms with Crippen LogP contribution in [0.15, 0.2) is 16.7 Å². The van der Waals surface area contributed by atoms with Crippen molar-refractivity contribution >= 4 is 11.9 Å². The van der Waals surface area contributed by atoms with Gasteiger partial charge < -0.3 is 24.1 Å². The van der Waals surface area contributed by atoms with Gasteiger partial charge in [-0.15, -0.1) is 0 Å². The number of ether oxygens (including phenoxy) is 2. The van der Waals surface area contributed by atoms with Gasteiger partial charge in [0.2, 0.25) is 0 Å². The molecule has 0 unspecified atom stereocenters. The molecule has 0 amide bonds. The van der Waals surface area contributed by atoms with E-state index < -0.39 is 46.6 Å². The van der Waals surface area contributed by atoms with E-state index in [4.69, 9.17) is 13.9 Å². The molecule has 0 bridgehead atoms. The second-order valence-corrected chi connectivity index (χ2v) is 10.1. The van der Waals surface area contributed by atoms with Crippen molar-refractivity contribution in [3.8, 4) is 0 Å².